The zero-order valence-corrected chi connectivity index (χ0v) is 11.4. The molecule has 0 spiro atoms. The molecular formula is C12H11BrFN3O2. The average molecular weight is 328 g/mol. The Labute approximate surface area is 117 Å². The van der Waals surface area contributed by atoms with Crippen molar-refractivity contribution in [2.45, 2.75) is 12.0 Å². The van der Waals surface area contributed by atoms with Gasteiger partial charge in [-0.3, -0.25) is 0 Å². The Morgan fingerprint density at radius 2 is 2.32 bits per heavy atom. The van der Waals surface area contributed by atoms with Gasteiger partial charge in [-0.15, -0.1) is 0 Å². The maximum Gasteiger partial charge on any atom is 0.260 e. The normalized spacial score (nSPS) is 22.9. The Balaban J connectivity index is 1.97. The molecule has 1 atom stereocenters. The molecule has 2 N–H and O–H groups in total. The number of hydrogen-bond donors (Lipinski definition) is 2. The number of aromatic nitrogens is 2. The van der Waals surface area contributed by atoms with Gasteiger partial charge in [-0.1, -0.05) is 5.16 Å². The molecule has 3 rings (SSSR count). The predicted octanol–water partition coefficient (Wildman–Crippen LogP) is 1.82. The van der Waals surface area contributed by atoms with E-state index in [0.717, 1.165) is 0 Å². The summed E-state index contributed by atoms with van der Waals surface area (Å²) in [4.78, 5) is 4.20. The molecule has 1 saturated heterocycles. The first kappa shape index (κ1) is 12.7. The van der Waals surface area contributed by atoms with Crippen molar-refractivity contribution in [3.63, 3.8) is 0 Å². The van der Waals surface area contributed by atoms with Crippen LogP contribution in [0.4, 0.5) is 4.39 Å². The highest BCUT2D eigenvalue weighted by molar-refractivity contribution is 9.10. The maximum atomic E-state index is 13.0. The molecule has 100 valence electrons. The van der Waals surface area contributed by atoms with Gasteiger partial charge >= 0.3 is 0 Å². The van der Waals surface area contributed by atoms with Gasteiger partial charge in [-0.25, -0.2) is 4.39 Å². The van der Waals surface area contributed by atoms with Crippen LogP contribution in [-0.2, 0) is 5.60 Å². The van der Waals surface area contributed by atoms with Crippen molar-refractivity contribution in [2.24, 2.45) is 0 Å². The van der Waals surface area contributed by atoms with Crippen LogP contribution in [0.25, 0.3) is 11.4 Å². The van der Waals surface area contributed by atoms with Gasteiger partial charge in [0, 0.05) is 16.6 Å². The molecule has 0 radical (unpaired) electrons. The van der Waals surface area contributed by atoms with Gasteiger partial charge in [0.25, 0.3) is 5.89 Å². The third kappa shape index (κ3) is 2.29. The molecule has 1 unspecified atom stereocenters. The molecule has 1 aliphatic rings. The van der Waals surface area contributed by atoms with Crippen molar-refractivity contribution in [3.05, 3.63) is 34.4 Å². The Hall–Kier alpha value is -1.31. The molecule has 0 amide bonds. The fraction of sp³-hybridized carbons (Fsp3) is 0.333. The van der Waals surface area contributed by atoms with Crippen molar-refractivity contribution in [1.29, 1.82) is 0 Å². The van der Waals surface area contributed by atoms with E-state index in [1.165, 1.54) is 12.1 Å². The van der Waals surface area contributed by atoms with E-state index in [1.807, 2.05) is 0 Å². The van der Waals surface area contributed by atoms with Crippen molar-refractivity contribution in [2.75, 3.05) is 13.1 Å². The van der Waals surface area contributed by atoms with Crippen molar-refractivity contribution in [3.8, 4) is 11.4 Å². The first-order valence-electron chi connectivity index (χ1n) is 5.81. The van der Waals surface area contributed by atoms with E-state index >= 15 is 0 Å². The minimum Gasteiger partial charge on any atom is -0.379 e. The summed E-state index contributed by atoms with van der Waals surface area (Å²) in [5.41, 5.74) is -0.497. The quantitative estimate of drug-likeness (QED) is 0.880. The second-order valence-corrected chi connectivity index (χ2v) is 5.36. The van der Waals surface area contributed by atoms with E-state index in [9.17, 15) is 9.50 Å². The van der Waals surface area contributed by atoms with Crippen LogP contribution in [-0.4, -0.2) is 28.3 Å². The topological polar surface area (TPSA) is 71.2 Å². The minimum absolute atomic E-state index is 0.184. The molecule has 0 bridgehead atoms. The van der Waals surface area contributed by atoms with Crippen molar-refractivity contribution >= 4 is 15.9 Å². The minimum atomic E-state index is -1.11. The lowest BCUT2D eigenvalue weighted by Gasteiger charge is -2.14. The van der Waals surface area contributed by atoms with Crippen LogP contribution in [0.15, 0.2) is 27.2 Å². The zero-order valence-electron chi connectivity index (χ0n) is 9.86. The smallest absolute Gasteiger partial charge is 0.260 e. The molecule has 7 heteroatoms. The van der Waals surface area contributed by atoms with Gasteiger partial charge in [0.15, 0.2) is 5.60 Å². The Morgan fingerprint density at radius 1 is 1.47 bits per heavy atom. The summed E-state index contributed by atoms with van der Waals surface area (Å²) in [5, 5.41) is 17.2. The van der Waals surface area contributed by atoms with Gasteiger partial charge in [0.2, 0.25) is 5.82 Å². The third-order valence-corrected chi connectivity index (χ3v) is 3.79. The fourth-order valence-corrected chi connectivity index (χ4v) is 2.58. The van der Waals surface area contributed by atoms with E-state index in [-0.39, 0.29) is 11.7 Å². The number of aliphatic hydroxyl groups is 1. The molecule has 0 aliphatic carbocycles. The molecule has 5 nitrogen and oxygen atoms in total. The van der Waals surface area contributed by atoms with E-state index < -0.39 is 5.60 Å². The SMILES string of the molecule is OC1(c2nc(-c3ccc(F)cc3Br)no2)CCNC1. The molecule has 1 aromatic carbocycles. The number of nitrogens with zero attached hydrogens (tertiary/aromatic N) is 2. The maximum absolute atomic E-state index is 13.0. The highest BCUT2D eigenvalue weighted by Crippen LogP contribution is 2.31. The molecule has 1 fully saturated rings. The lowest BCUT2D eigenvalue weighted by molar-refractivity contribution is 0.0243. The molecule has 2 heterocycles. The van der Waals surface area contributed by atoms with E-state index in [1.54, 1.807) is 6.07 Å². The second-order valence-electron chi connectivity index (χ2n) is 4.51. The summed E-state index contributed by atoms with van der Waals surface area (Å²) in [6.07, 6.45) is 0.527. The number of β-amino-alcohol motifs (C(OH)–C–C–N with tert-alkyl or cyclic N) is 1. The second kappa shape index (κ2) is 4.66. The van der Waals surface area contributed by atoms with Gasteiger partial charge in [0.1, 0.15) is 5.82 Å². The predicted molar refractivity (Wildman–Crippen MR) is 68.8 cm³/mol. The molecule has 2 aromatic rings. The average Bonchev–Trinajstić information content (AvgIpc) is 2.99. The Kier molecular flexibility index (Phi) is 3.12. The molecule has 19 heavy (non-hydrogen) atoms. The van der Waals surface area contributed by atoms with E-state index in [4.69, 9.17) is 4.52 Å². The lowest BCUT2D eigenvalue weighted by atomic mass is 10.0. The number of nitrogens with one attached hydrogen (secondary N) is 1. The summed E-state index contributed by atoms with van der Waals surface area (Å²) < 4.78 is 18.7. The number of benzene rings is 1. The first-order valence-corrected chi connectivity index (χ1v) is 6.60. The van der Waals surface area contributed by atoms with Crippen LogP contribution in [0, 0.1) is 5.82 Å². The van der Waals surface area contributed by atoms with Crippen LogP contribution < -0.4 is 5.32 Å². The molecule has 0 saturated carbocycles. The van der Waals surface area contributed by atoms with Crippen LogP contribution in [0.3, 0.4) is 0 Å². The molecular weight excluding hydrogens is 317 g/mol. The summed E-state index contributed by atoms with van der Waals surface area (Å²) in [6, 6.07) is 4.21. The van der Waals surface area contributed by atoms with Crippen LogP contribution in [0.5, 0.6) is 0 Å². The summed E-state index contributed by atoms with van der Waals surface area (Å²) in [7, 11) is 0. The summed E-state index contributed by atoms with van der Waals surface area (Å²) in [6.45, 7) is 1.09. The zero-order chi connectivity index (χ0) is 13.5. The third-order valence-electron chi connectivity index (χ3n) is 3.13. The standard InChI is InChI=1S/C12H11BrFN3O2/c13-9-5-7(14)1-2-8(9)10-16-11(19-17-10)12(18)3-4-15-6-12/h1-2,5,15,18H,3-4,6H2. The van der Waals surface area contributed by atoms with E-state index in [2.05, 4.69) is 31.4 Å². The van der Waals surface area contributed by atoms with E-state index in [0.29, 0.717) is 35.4 Å². The highest BCUT2D eigenvalue weighted by atomic mass is 79.9. The van der Waals surface area contributed by atoms with Gasteiger partial charge in [-0.05, 0) is 47.1 Å². The Morgan fingerprint density at radius 3 is 3.00 bits per heavy atom. The largest absolute Gasteiger partial charge is 0.379 e. The van der Waals surface area contributed by atoms with Gasteiger partial charge in [-0.2, -0.15) is 4.98 Å². The Bertz CT molecular complexity index is 611. The van der Waals surface area contributed by atoms with Gasteiger partial charge in [0.05, 0.1) is 0 Å². The number of rotatable bonds is 2. The van der Waals surface area contributed by atoms with Crippen LogP contribution in [0.2, 0.25) is 0 Å². The number of hydrogen-bond acceptors (Lipinski definition) is 5. The van der Waals surface area contributed by atoms with Crippen molar-refractivity contribution in [1.82, 2.24) is 15.5 Å². The first-order chi connectivity index (χ1) is 9.08. The molecule has 1 aromatic heterocycles. The number of halogens is 2. The monoisotopic (exact) mass is 327 g/mol. The van der Waals surface area contributed by atoms with Crippen LogP contribution in [0.1, 0.15) is 12.3 Å². The van der Waals surface area contributed by atoms with Crippen molar-refractivity contribution < 1.29 is 14.0 Å². The summed E-state index contributed by atoms with van der Waals surface area (Å²) in [5.74, 6) is 0.156. The van der Waals surface area contributed by atoms with Crippen LogP contribution >= 0.6 is 15.9 Å². The lowest BCUT2D eigenvalue weighted by Crippen LogP contribution is -2.28. The fourth-order valence-electron chi connectivity index (χ4n) is 2.05. The van der Waals surface area contributed by atoms with Gasteiger partial charge < -0.3 is 14.9 Å². The summed E-state index contributed by atoms with van der Waals surface area (Å²) >= 11 is 3.25. The molecule has 1 aliphatic heterocycles. The highest BCUT2D eigenvalue weighted by Gasteiger charge is 2.38.